The lowest BCUT2D eigenvalue weighted by Gasteiger charge is -2.35. The molecule has 0 spiro atoms. The molecule has 0 aromatic carbocycles. The van der Waals surface area contributed by atoms with Crippen LogP contribution in [0.15, 0.2) is 0 Å². The smallest absolute Gasteiger partial charge is 0.0709 e. The van der Waals surface area contributed by atoms with Crippen LogP contribution in [0.25, 0.3) is 0 Å². The molecular weight excluding hydrogens is 204 g/mol. The molecule has 96 valence electrons. The fourth-order valence-electron chi connectivity index (χ4n) is 2.38. The van der Waals surface area contributed by atoms with Crippen molar-refractivity contribution in [1.82, 2.24) is 4.90 Å². The molecule has 0 bridgehead atoms. The number of rotatable bonds is 7. The Kier molecular flexibility index (Phi) is 6.96. The van der Waals surface area contributed by atoms with Crippen LogP contribution in [0.1, 0.15) is 32.6 Å². The molecule has 1 fully saturated rings. The molecule has 0 aliphatic carbocycles. The van der Waals surface area contributed by atoms with Gasteiger partial charge >= 0.3 is 0 Å². The van der Waals surface area contributed by atoms with Gasteiger partial charge in [0, 0.05) is 25.7 Å². The van der Waals surface area contributed by atoms with Crippen molar-refractivity contribution in [2.45, 2.75) is 44.8 Å². The van der Waals surface area contributed by atoms with Gasteiger partial charge in [-0.1, -0.05) is 6.42 Å². The third kappa shape index (κ3) is 4.37. The third-order valence-electron chi connectivity index (χ3n) is 3.36. The van der Waals surface area contributed by atoms with Gasteiger partial charge in [0.15, 0.2) is 0 Å². The van der Waals surface area contributed by atoms with Gasteiger partial charge in [0.25, 0.3) is 0 Å². The first-order chi connectivity index (χ1) is 7.81. The maximum atomic E-state index is 9.29. The van der Waals surface area contributed by atoms with E-state index in [9.17, 15) is 5.11 Å². The molecule has 16 heavy (non-hydrogen) atoms. The average Bonchev–Trinajstić information content (AvgIpc) is 2.34. The van der Waals surface area contributed by atoms with E-state index in [0.29, 0.717) is 12.6 Å². The zero-order chi connectivity index (χ0) is 11.8. The Balaban J connectivity index is 2.28. The standard InChI is InChI=1S/C12H26N2O2/c1-2-16-12(9-13)6-8-14-7-4-3-5-11(14)10-15/h11-12,15H,2-10,13H2,1H3. The highest BCUT2D eigenvalue weighted by atomic mass is 16.5. The molecular formula is C12H26N2O2. The van der Waals surface area contributed by atoms with E-state index >= 15 is 0 Å². The van der Waals surface area contributed by atoms with Gasteiger partial charge < -0.3 is 15.6 Å². The summed E-state index contributed by atoms with van der Waals surface area (Å²) < 4.78 is 5.54. The molecule has 0 radical (unpaired) electrons. The highest BCUT2D eigenvalue weighted by Gasteiger charge is 2.21. The summed E-state index contributed by atoms with van der Waals surface area (Å²) in [6.07, 6.45) is 4.76. The molecule has 1 rings (SSSR count). The summed E-state index contributed by atoms with van der Waals surface area (Å²) in [5.41, 5.74) is 5.65. The van der Waals surface area contributed by atoms with Crippen LogP contribution in [0, 0.1) is 0 Å². The van der Waals surface area contributed by atoms with E-state index in [4.69, 9.17) is 10.5 Å². The lowest BCUT2D eigenvalue weighted by Crippen LogP contribution is -2.43. The number of piperidine rings is 1. The Labute approximate surface area is 98.8 Å². The van der Waals surface area contributed by atoms with Crippen molar-refractivity contribution in [2.75, 3.05) is 32.8 Å². The van der Waals surface area contributed by atoms with Crippen molar-refractivity contribution >= 4 is 0 Å². The summed E-state index contributed by atoms with van der Waals surface area (Å²) in [4.78, 5) is 2.38. The molecule has 1 aliphatic rings. The molecule has 0 saturated carbocycles. The van der Waals surface area contributed by atoms with Crippen LogP contribution in [-0.4, -0.2) is 55.0 Å². The number of likely N-dealkylation sites (tertiary alicyclic amines) is 1. The number of aliphatic hydroxyl groups is 1. The van der Waals surface area contributed by atoms with E-state index < -0.39 is 0 Å². The minimum atomic E-state index is 0.172. The Bertz CT molecular complexity index is 178. The molecule has 2 atom stereocenters. The van der Waals surface area contributed by atoms with Crippen LogP contribution in [0.3, 0.4) is 0 Å². The second-order valence-corrected chi connectivity index (χ2v) is 4.47. The Morgan fingerprint density at radius 3 is 2.94 bits per heavy atom. The van der Waals surface area contributed by atoms with E-state index in [-0.39, 0.29) is 12.7 Å². The first-order valence-electron chi connectivity index (χ1n) is 6.48. The summed E-state index contributed by atoms with van der Waals surface area (Å²) in [7, 11) is 0. The zero-order valence-corrected chi connectivity index (χ0v) is 10.4. The minimum absolute atomic E-state index is 0.172. The summed E-state index contributed by atoms with van der Waals surface area (Å²) in [6, 6.07) is 0.355. The Morgan fingerprint density at radius 2 is 2.31 bits per heavy atom. The molecule has 1 saturated heterocycles. The summed E-state index contributed by atoms with van der Waals surface area (Å²) in [5, 5.41) is 9.29. The number of ether oxygens (including phenoxy) is 1. The van der Waals surface area contributed by atoms with Crippen molar-refractivity contribution in [3.63, 3.8) is 0 Å². The molecule has 0 aromatic heterocycles. The molecule has 1 heterocycles. The maximum Gasteiger partial charge on any atom is 0.0709 e. The Hall–Kier alpha value is -0.160. The van der Waals surface area contributed by atoms with Gasteiger partial charge in [0.1, 0.15) is 0 Å². The van der Waals surface area contributed by atoms with Gasteiger partial charge in [-0.05, 0) is 32.7 Å². The first-order valence-corrected chi connectivity index (χ1v) is 6.48. The van der Waals surface area contributed by atoms with Crippen LogP contribution >= 0.6 is 0 Å². The lowest BCUT2D eigenvalue weighted by molar-refractivity contribution is 0.0359. The maximum absolute atomic E-state index is 9.29. The largest absolute Gasteiger partial charge is 0.395 e. The van der Waals surface area contributed by atoms with E-state index in [0.717, 1.165) is 32.5 Å². The van der Waals surface area contributed by atoms with Crippen LogP contribution in [0.2, 0.25) is 0 Å². The fraction of sp³-hybridized carbons (Fsp3) is 1.00. The van der Waals surface area contributed by atoms with Gasteiger partial charge in [-0.3, -0.25) is 4.90 Å². The monoisotopic (exact) mass is 230 g/mol. The summed E-state index contributed by atoms with van der Waals surface area (Å²) >= 11 is 0. The quantitative estimate of drug-likeness (QED) is 0.672. The van der Waals surface area contributed by atoms with Crippen molar-refractivity contribution < 1.29 is 9.84 Å². The molecule has 4 nitrogen and oxygen atoms in total. The van der Waals surface area contributed by atoms with Crippen LogP contribution < -0.4 is 5.73 Å². The van der Waals surface area contributed by atoms with Gasteiger partial charge in [0.05, 0.1) is 12.7 Å². The second kappa shape index (κ2) is 8.01. The van der Waals surface area contributed by atoms with E-state index in [1.807, 2.05) is 6.92 Å². The van der Waals surface area contributed by atoms with Crippen molar-refractivity contribution in [1.29, 1.82) is 0 Å². The molecule has 3 N–H and O–H groups in total. The molecule has 0 aromatic rings. The van der Waals surface area contributed by atoms with E-state index in [1.165, 1.54) is 12.8 Å². The van der Waals surface area contributed by atoms with Crippen molar-refractivity contribution in [3.8, 4) is 0 Å². The van der Waals surface area contributed by atoms with Gasteiger partial charge in [-0.2, -0.15) is 0 Å². The first kappa shape index (κ1) is 13.9. The normalized spacial score (nSPS) is 24.6. The SMILES string of the molecule is CCOC(CN)CCN1CCCCC1CO. The van der Waals surface area contributed by atoms with Gasteiger partial charge in [-0.15, -0.1) is 0 Å². The van der Waals surface area contributed by atoms with Crippen LogP contribution in [-0.2, 0) is 4.74 Å². The number of nitrogens with two attached hydrogens (primary N) is 1. The average molecular weight is 230 g/mol. The van der Waals surface area contributed by atoms with E-state index in [1.54, 1.807) is 0 Å². The summed E-state index contributed by atoms with van der Waals surface area (Å²) in [6.45, 7) is 5.69. The van der Waals surface area contributed by atoms with Crippen molar-refractivity contribution in [2.24, 2.45) is 5.73 Å². The predicted molar refractivity (Wildman–Crippen MR) is 65.4 cm³/mol. The lowest BCUT2D eigenvalue weighted by atomic mass is 10.0. The van der Waals surface area contributed by atoms with Gasteiger partial charge in [-0.25, -0.2) is 0 Å². The molecule has 1 aliphatic heterocycles. The van der Waals surface area contributed by atoms with E-state index in [2.05, 4.69) is 4.90 Å². The molecule has 4 heteroatoms. The molecule has 2 unspecified atom stereocenters. The number of aliphatic hydroxyl groups excluding tert-OH is 1. The Morgan fingerprint density at radius 1 is 1.50 bits per heavy atom. The highest BCUT2D eigenvalue weighted by Crippen LogP contribution is 2.17. The molecule has 0 amide bonds. The van der Waals surface area contributed by atoms with Crippen LogP contribution in [0.4, 0.5) is 0 Å². The third-order valence-corrected chi connectivity index (χ3v) is 3.36. The number of nitrogens with zero attached hydrogens (tertiary/aromatic N) is 1. The van der Waals surface area contributed by atoms with Crippen molar-refractivity contribution in [3.05, 3.63) is 0 Å². The number of hydrogen-bond acceptors (Lipinski definition) is 4. The zero-order valence-electron chi connectivity index (χ0n) is 10.4. The predicted octanol–water partition coefficient (Wildman–Crippen LogP) is 0.587. The second-order valence-electron chi connectivity index (χ2n) is 4.47. The van der Waals surface area contributed by atoms with Crippen LogP contribution in [0.5, 0.6) is 0 Å². The fourth-order valence-corrected chi connectivity index (χ4v) is 2.38. The van der Waals surface area contributed by atoms with Gasteiger partial charge in [0.2, 0.25) is 0 Å². The number of hydrogen-bond donors (Lipinski definition) is 2. The summed E-state index contributed by atoms with van der Waals surface area (Å²) in [5.74, 6) is 0. The topological polar surface area (TPSA) is 58.7 Å². The highest BCUT2D eigenvalue weighted by molar-refractivity contribution is 4.77. The minimum Gasteiger partial charge on any atom is -0.395 e.